The minimum atomic E-state index is -0.103. The fourth-order valence-corrected chi connectivity index (χ4v) is 3.00. The van der Waals surface area contributed by atoms with Crippen LogP contribution in [0.2, 0.25) is 0 Å². The molecule has 1 saturated carbocycles. The summed E-state index contributed by atoms with van der Waals surface area (Å²) in [6, 6.07) is 0.253. The van der Waals surface area contributed by atoms with Crippen molar-refractivity contribution in [2.45, 2.75) is 52.5 Å². The second-order valence-electron chi connectivity index (χ2n) is 6.43. The number of aromatic nitrogens is 2. The van der Waals surface area contributed by atoms with Crippen molar-refractivity contribution in [1.82, 2.24) is 15.3 Å². The van der Waals surface area contributed by atoms with Crippen LogP contribution >= 0.6 is 0 Å². The summed E-state index contributed by atoms with van der Waals surface area (Å²) in [7, 11) is 0. The van der Waals surface area contributed by atoms with E-state index in [-0.39, 0.29) is 17.4 Å². The van der Waals surface area contributed by atoms with Gasteiger partial charge in [0.15, 0.2) is 0 Å². The molecule has 104 valence electrons. The Kier molecular flexibility index (Phi) is 4.17. The van der Waals surface area contributed by atoms with Crippen LogP contribution in [0.4, 0.5) is 0 Å². The van der Waals surface area contributed by atoms with Crippen molar-refractivity contribution < 1.29 is 4.79 Å². The maximum absolute atomic E-state index is 12.2. The van der Waals surface area contributed by atoms with Gasteiger partial charge in [-0.25, -0.2) is 4.98 Å². The average molecular weight is 261 g/mol. The van der Waals surface area contributed by atoms with Crippen LogP contribution in [0.25, 0.3) is 0 Å². The van der Waals surface area contributed by atoms with Gasteiger partial charge in [-0.2, -0.15) is 0 Å². The first-order chi connectivity index (χ1) is 8.98. The van der Waals surface area contributed by atoms with Crippen molar-refractivity contribution in [3.8, 4) is 0 Å². The lowest BCUT2D eigenvalue weighted by molar-refractivity contribution is 0.0825. The van der Waals surface area contributed by atoms with E-state index >= 15 is 0 Å². The number of hydrogen-bond acceptors (Lipinski definition) is 3. The summed E-state index contributed by atoms with van der Waals surface area (Å²) < 4.78 is 0. The number of hydrogen-bond donors (Lipinski definition) is 1. The maximum atomic E-state index is 12.2. The van der Waals surface area contributed by atoms with Gasteiger partial charge in [-0.15, -0.1) is 0 Å². The Labute approximate surface area is 115 Å². The van der Waals surface area contributed by atoms with Crippen molar-refractivity contribution in [2.24, 2.45) is 11.3 Å². The molecular weight excluding hydrogens is 238 g/mol. The number of nitrogens with one attached hydrogen (secondary N) is 1. The van der Waals surface area contributed by atoms with Crippen LogP contribution in [0.5, 0.6) is 0 Å². The summed E-state index contributed by atoms with van der Waals surface area (Å²) in [4.78, 5) is 20.2. The highest BCUT2D eigenvalue weighted by Crippen LogP contribution is 2.38. The molecular formula is C15H23N3O. The van der Waals surface area contributed by atoms with E-state index in [2.05, 4.69) is 36.1 Å². The van der Waals surface area contributed by atoms with Crippen LogP contribution in [-0.2, 0) is 0 Å². The van der Waals surface area contributed by atoms with E-state index in [9.17, 15) is 4.79 Å². The zero-order chi connectivity index (χ0) is 13.9. The van der Waals surface area contributed by atoms with Gasteiger partial charge >= 0.3 is 0 Å². The molecule has 0 aromatic carbocycles. The number of nitrogens with zero attached hydrogens (tertiary/aromatic N) is 2. The van der Waals surface area contributed by atoms with E-state index in [0.717, 1.165) is 6.42 Å². The molecule has 2 rings (SSSR count). The molecule has 1 aromatic rings. The van der Waals surface area contributed by atoms with Gasteiger partial charge < -0.3 is 5.32 Å². The van der Waals surface area contributed by atoms with Crippen LogP contribution in [0.15, 0.2) is 18.6 Å². The first kappa shape index (κ1) is 14.0. The highest BCUT2D eigenvalue weighted by atomic mass is 16.1. The fraction of sp³-hybridized carbons (Fsp3) is 0.667. The van der Waals surface area contributed by atoms with Crippen molar-refractivity contribution in [3.05, 3.63) is 24.3 Å². The van der Waals surface area contributed by atoms with E-state index in [4.69, 9.17) is 0 Å². The second kappa shape index (κ2) is 5.68. The standard InChI is InChI=1S/C15H23N3O/c1-15(2,3)11-6-4-5-7-12(11)18-14(19)13-10-16-8-9-17-13/h8-12H,4-7H2,1-3H3,(H,18,19). The maximum Gasteiger partial charge on any atom is 0.271 e. The fourth-order valence-electron chi connectivity index (χ4n) is 3.00. The first-order valence-electron chi connectivity index (χ1n) is 7.05. The Morgan fingerprint density at radius 1 is 1.26 bits per heavy atom. The second-order valence-corrected chi connectivity index (χ2v) is 6.43. The van der Waals surface area contributed by atoms with Crippen molar-refractivity contribution in [3.63, 3.8) is 0 Å². The summed E-state index contributed by atoms with van der Waals surface area (Å²) in [6.07, 6.45) is 9.36. The number of amides is 1. The van der Waals surface area contributed by atoms with Crippen LogP contribution in [-0.4, -0.2) is 21.9 Å². The molecule has 2 atom stereocenters. The summed E-state index contributed by atoms with van der Waals surface area (Å²) in [5.41, 5.74) is 0.626. The summed E-state index contributed by atoms with van der Waals surface area (Å²) >= 11 is 0. The van der Waals surface area contributed by atoms with E-state index in [0.29, 0.717) is 11.6 Å². The van der Waals surface area contributed by atoms with Gasteiger partial charge in [0, 0.05) is 18.4 Å². The van der Waals surface area contributed by atoms with Gasteiger partial charge in [0.25, 0.3) is 5.91 Å². The third-order valence-electron chi connectivity index (χ3n) is 3.99. The zero-order valence-electron chi connectivity index (χ0n) is 12.0. The highest BCUT2D eigenvalue weighted by molar-refractivity contribution is 5.92. The molecule has 0 saturated heterocycles. The molecule has 0 bridgehead atoms. The summed E-state index contributed by atoms with van der Waals surface area (Å²) in [6.45, 7) is 6.76. The molecule has 1 aromatic heterocycles. The third kappa shape index (κ3) is 3.52. The molecule has 0 radical (unpaired) electrons. The van der Waals surface area contributed by atoms with E-state index < -0.39 is 0 Å². The average Bonchev–Trinajstić information content (AvgIpc) is 2.39. The van der Waals surface area contributed by atoms with Gasteiger partial charge in [0.05, 0.1) is 6.20 Å². The number of carbonyl (C=O) groups excluding carboxylic acids is 1. The minimum absolute atomic E-state index is 0.103. The third-order valence-corrected chi connectivity index (χ3v) is 3.99. The topological polar surface area (TPSA) is 54.9 Å². The largest absolute Gasteiger partial charge is 0.348 e. The van der Waals surface area contributed by atoms with E-state index in [1.807, 2.05) is 0 Å². The quantitative estimate of drug-likeness (QED) is 0.890. The molecule has 1 aliphatic carbocycles. The van der Waals surface area contributed by atoms with Crippen molar-refractivity contribution >= 4 is 5.91 Å². The number of rotatable bonds is 2. The van der Waals surface area contributed by atoms with Gasteiger partial charge in [-0.1, -0.05) is 33.6 Å². The molecule has 0 aliphatic heterocycles. The van der Waals surface area contributed by atoms with Crippen LogP contribution in [0, 0.1) is 11.3 Å². The predicted molar refractivity (Wildman–Crippen MR) is 74.7 cm³/mol. The predicted octanol–water partition coefficient (Wildman–Crippen LogP) is 2.81. The lowest BCUT2D eigenvalue weighted by Gasteiger charge is -2.40. The normalized spacial score (nSPS) is 23.9. The lowest BCUT2D eigenvalue weighted by atomic mass is 9.69. The van der Waals surface area contributed by atoms with Crippen LogP contribution in [0.1, 0.15) is 56.9 Å². The van der Waals surface area contributed by atoms with Gasteiger partial charge in [0.2, 0.25) is 0 Å². The molecule has 19 heavy (non-hydrogen) atoms. The monoisotopic (exact) mass is 261 g/mol. The summed E-state index contributed by atoms with van der Waals surface area (Å²) in [5.74, 6) is 0.427. The summed E-state index contributed by atoms with van der Waals surface area (Å²) in [5, 5.41) is 3.15. The Morgan fingerprint density at radius 3 is 2.63 bits per heavy atom. The Hall–Kier alpha value is -1.45. The van der Waals surface area contributed by atoms with Crippen molar-refractivity contribution in [1.29, 1.82) is 0 Å². The van der Waals surface area contributed by atoms with Gasteiger partial charge in [0.1, 0.15) is 5.69 Å². The Bertz CT molecular complexity index is 425. The van der Waals surface area contributed by atoms with Crippen LogP contribution < -0.4 is 5.32 Å². The number of carbonyl (C=O) groups is 1. The highest BCUT2D eigenvalue weighted by Gasteiger charge is 2.35. The van der Waals surface area contributed by atoms with Gasteiger partial charge in [-0.3, -0.25) is 9.78 Å². The van der Waals surface area contributed by atoms with E-state index in [1.54, 1.807) is 12.4 Å². The zero-order valence-corrected chi connectivity index (χ0v) is 12.0. The molecule has 4 heteroatoms. The minimum Gasteiger partial charge on any atom is -0.348 e. The molecule has 1 amide bonds. The first-order valence-corrected chi connectivity index (χ1v) is 7.05. The lowest BCUT2D eigenvalue weighted by Crippen LogP contribution is -2.46. The molecule has 1 aliphatic rings. The molecule has 2 unspecified atom stereocenters. The smallest absolute Gasteiger partial charge is 0.271 e. The Morgan fingerprint density at radius 2 is 2.00 bits per heavy atom. The van der Waals surface area contributed by atoms with Crippen molar-refractivity contribution in [2.75, 3.05) is 0 Å². The van der Waals surface area contributed by atoms with Crippen LogP contribution in [0.3, 0.4) is 0 Å². The SMILES string of the molecule is CC(C)(C)C1CCCCC1NC(=O)c1cnccn1. The molecule has 0 spiro atoms. The molecule has 1 fully saturated rings. The van der Waals surface area contributed by atoms with E-state index in [1.165, 1.54) is 25.5 Å². The molecule has 4 nitrogen and oxygen atoms in total. The Balaban J connectivity index is 2.06. The molecule has 1 N–H and O–H groups in total. The molecule has 1 heterocycles. The van der Waals surface area contributed by atoms with Gasteiger partial charge in [-0.05, 0) is 24.2 Å².